The van der Waals surface area contributed by atoms with Gasteiger partial charge in [0.2, 0.25) is 23.6 Å². The maximum atomic E-state index is 14.6. The molecule has 9 nitrogen and oxygen atoms in total. The van der Waals surface area contributed by atoms with Crippen LogP contribution in [-0.4, -0.2) is 86.6 Å². The third-order valence-electron chi connectivity index (χ3n) is 13.4. The Balaban J connectivity index is 0.967. The number of nitrogens with zero attached hydrogens (tertiary/aromatic N) is 4. The number of imide groups is 2. The molecule has 9 rings (SSSR count). The number of allylic oxidation sites excluding steroid dienone is 2. The van der Waals surface area contributed by atoms with Crippen molar-refractivity contribution in [3.63, 3.8) is 0 Å². The number of hydrogen-bond donors (Lipinski definition) is 1. The lowest BCUT2D eigenvalue weighted by Crippen LogP contribution is -2.48. The Morgan fingerprint density at radius 3 is 1.67 bits per heavy atom. The summed E-state index contributed by atoms with van der Waals surface area (Å²) in [5, 5.41) is 10.6. The second kappa shape index (κ2) is 14.4. The van der Waals surface area contributed by atoms with Gasteiger partial charge >= 0.3 is 0 Å². The number of fused-ring (bicyclic) bond motifs is 4. The molecule has 0 aromatic heterocycles. The number of aromatic hydroxyl groups is 1. The zero-order valence-corrected chi connectivity index (χ0v) is 31.2. The first kappa shape index (κ1) is 35.4. The number of benzene rings is 3. The first-order chi connectivity index (χ1) is 26.3. The molecule has 4 amide bonds. The third-order valence-corrected chi connectivity index (χ3v) is 13.7. The van der Waals surface area contributed by atoms with E-state index in [-0.39, 0.29) is 47.4 Å². The van der Waals surface area contributed by atoms with Gasteiger partial charge in [-0.1, -0.05) is 90.0 Å². The van der Waals surface area contributed by atoms with Gasteiger partial charge in [0.1, 0.15) is 5.75 Å². The molecule has 3 aromatic rings. The normalized spacial score (nSPS) is 29.7. The summed E-state index contributed by atoms with van der Waals surface area (Å²) in [6, 6.07) is 25.2. The standard InChI is InChI=1S/C44H47ClN4O5/c45-37-23-31(50)11-12-33(37)38-32-13-14-34-39(43(53)48(41(34)51)29-15-19-46(20-16-29)25-27-7-3-1-4-8-27)35(32)24-36-40(38)44(54)49(42(36)52)30-17-21-47(22-18-30)26-28-9-5-2-6-10-28/h1-13,23,29-30,34-36,38-40,50H,14-22,24-26H2/t34-,35+,36+,38+,39-,40+/m0/s1. The van der Waals surface area contributed by atoms with E-state index in [1.165, 1.54) is 17.2 Å². The second-order valence-corrected chi connectivity index (χ2v) is 16.7. The summed E-state index contributed by atoms with van der Waals surface area (Å²) in [5.41, 5.74) is 4.11. The van der Waals surface area contributed by atoms with Crippen LogP contribution >= 0.6 is 11.6 Å². The lowest BCUT2D eigenvalue weighted by molar-refractivity contribution is -0.146. The summed E-state index contributed by atoms with van der Waals surface area (Å²) in [5.74, 6) is -3.74. The van der Waals surface area contributed by atoms with Crippen molar-refractivity contribution in [2.45, 2.75) is 69.6 Å². The quantitative estimate of drug-likeness (QED) is 0.234. The molecule has 0 radical (unpaired) electrons. The fraction of sp³-hybridized carbons (Fsp3) is 0.455. The summed E-state index contributed by atoms with van der Waals surface area (Å²) in [6.07, 6.45) is 5.73. The van der Waals surface area contributed by atoms with Gasteiger partial charge in [-0.05, 0) is 73.3 Å². The Morgan fingerprint density at radius 1 is 0.611 bits per heavy atom. The largest absolute Gasteiger partial charge is 0.508 e. The molecule has 280 valence electrons. The van der Waals surface area contributed by atoms with Crippen molar-refractivity contribution >= 4 is 35.2 Å². The van der Waals surface area contributed by atoms with Crippen molar-refractivity contribution in [2.24, 2.45) is 29.6 Å². The summed E-state index contributed by atoms with van der Waals surface area (Å²) >= 11 is 6.85. The van der Waals surface area contributed by atoms with Crippen molar-refractivity contribution in [1.29, 1.82) is 0 Å². The van der Waals surface area contributed by atoms with Crippen molar-refractivity contribution in [1.82, 2.24) is 19.6 Å². The third kappa shape index (κ3) is 6.18. The Bertz CT molecular complexity index is 1970. The van der Waals surface area contributed by atoms with Gasteiger partial charge in [-0.3, -0.25) is 38.8 Å². The highest BCUT2D eigenvalue weighted by molar-refractivity contribution is 6.31. The molecule has 3 aromatic carbocycles. The molecule has 4 heterocycles. The van der Waals surface area contributed by atoms with Gasteiger partial charge in [0.15, 0.2) is 0 Å². The molecule has 5 fully saturated rings. The van der Waals surface area contributed by atoms with E-state index in [1.54, 1.807) is 21.9 Å². The molecule has 0 unspecified atom stereocenters. The maximum absolute atomic E-state index is 14.6. The lowest BCUT2D eigenvalue weighted by atomic mass is 9.57. The van der Waals surface area contributed by atoms with Crippen LogP contribution in [0.15, 0.2) is 90.5 Å². The number of hydrogen-bond acceptors (Lipinski definition) is 7. The van der Waals surface area contributed by atoms with Crippen LogP contribution in [0.5, 0.6) is 5.75 Å². The summed E-state index contributed by atoms with van der Waals surface area (Å²) < 4.78 is 0. The molecule has 1 N–H and O–H groups in total. The van der Waals surface area contributed by atoms with Gasteiger partial charge in [-0.2, -0.15) is 0 Å². The fourth-order valence-corrected chi connectivity index (χ4v) is 11.1. The highest BCUT2D eigenvalue weighted by Gasteiger charge is 2.63. The summed E-state index contributed by atoms with van der Waals surface area (Å²) in [6.45, 7) is 4.86. The van der Waals surface area contributed by atoms with Crippen molar-refractivity contribution in [2.75, 3.05) is 26.2 Å². The zero-order chi connectivity index (χ0) is 37.1. The average Bonchev–Trinajstić information content (AvgIpc) is 3.59. The summed E-state index contributed by atoms with van der Waals surface area (Å²) in [4.78, 5) is 65.8. The first-order valence-electron chi connectivity index (χ1n) is 19.7. The molecular weight excluding hydrogens is 700 g/mol. The molecule has 0 bridgehead atoms. The highest BCUT2D eigenvalue weighted by atomic mass is 35.5. The van der Waals surface area contributed by atoms with Gasteiger partial charge in [0.25, 0.3) is 0 Å². The van der Waals surface area contributed by atoms with Crippen LogP contribution < -0.4 is 0 Å². The van der Waals surface area contributed by atoms with Crippen molar-refractivity contribution in [3.05, 3.63) is 112 Å². The number of phenolic OH excluding ortho intramolecular Hbond substituents is 1. The van der Waals surface area contributed by atoms with E-state index < -0.39 is 29.6 Å². The number of amides is 4. The fourth-order valence-electron chi connectivity index (χ4n) is 10.8. The Kier molecular flexibility index (Phi) is 9.44. The van der Waals surface area contributed by atoms with E-state index in [0.29, 0.717) is 36.3 Å². The van der Waals surface area contributed by atoms with Gasteiger partial charge in [0.05, 0.1) is 23.7 Å². The average molecular weight is 747 g/mol. The topological polar surface area (TPSA) is 101 Å². The molecule has 0 spiro atoms. The molecule has 4 saturated heterocycles. The Morgan fingerprint density at radius 2 is 1.13 bits per heavy atom. The minimum absolute atomic E-state index is 0.0186. The van der Waals surface area contributed by atoms with E-state index >= 15 is 0 Å². The van der Waals surface area contributed by atoms with Crippen molar-refractivity contribution in [3.8, 4) is 5.75 Å². The van der Waals surface area contributed by atoms with E-state index in [1.807, 2.05) is 36.4 Å². The van der Waals surface area contributed by atoms with Crippen LogP contribution in [0, 0.1) is 29.6 Å². The van der Waals surface area contributed by atoms with Crippen molar-refractivity contribution < 1.29 is 24.3 Å². The second-order valence-electron chi connectivity index (χ2n) is 16.3. The number of halogens is 1. The Hall–Kier alpha value is -4.31. The van der Waals surface area contributed by atoms with E-state index in [9.17, 15) is 24.3 Å². The molecule has 4 aliphatic heterocycles. The van der Waals surface area contributed by atoms with Gasteiger partial charge in [-0.15, -0.1) is 0 Å². The minimum Gasteiger partial charge on any atom is -0.508 e. The van der Waals surface area contributed by atoms with Crippen LogP contribution in [0.1, 0.15) is 61.1 Å². The predicted molar refractivity (Wildman–Crippen MR) is 204 cm³/mol. The summed E-state index contributed by atoms with van der Waals surface area (Å²) in [7, 11) is 0. The molecule has 54 heavy (non-hydrogen) atoms. The highest BCUT2D eigenvalue weighted by Crippen LogP contribution is 2.59. The predicted octanol–water partition coefficient (Wildman–Crippen LogP) is 6.01. The van der Waals surface area contributed by atoms with Crippen LogP contribution in [0.4, 0.5) is 0 Å². The number of carbonyl (C=O) groups excluding carboxylic acids is 4. The monoisotopic (exact) mass is 746 g/mol. The smallest absolute Gasteiger partial charge is 0.234 e. The zero-order valence-electron chi connectivity index (χ0n) is 30.4. The maximum Gasteiger partial charge on any atom is 0.234 e. The molecule has 1 saturated carbocycles. The number of likely N-dealkylation sites (tertiary alicyclic amines) is 4. The number of rotatable bonds is 7. The van der Waals surface area contributed by atoms with E-state index in [2.05, 4.69) is 40.1 Å². The number of carbonyl (C=O) groups is 4. The molecule has 2 aliphatic carbocycles. The van der Waals surface area contributed by atoms with E-state index in [0.717, 1.165) is 57.7 Å². The lowest BCUT2D eigenvalue weighted by Gasteiger charge is -2.44. The molecule has 10 heteroatoms. The van der Waals surface area contributed by atoms with Crippen LogP contribution in [0.2, 0.25) is 5.02 Å². The number of phenols is 1. The van der Waals surface area contributed by atoms with Gasteiger partial charge in [-0.25, -0.2) is 0 Å². The number of piperidine rings is 2. The van der Waals surface area contributed by atoms with Gasteiger partial charge < -0.3 is 5.11 Å². The van der Waals surface area contributed by atoms with E-state index in [4.69, 9.17) is 11.6 Å². The minimum atomic E-state index is -0.654. The van der Waals surface area contributed by atoms with Crippen LogP contribution in [0.3, 0.4) is 0 Å². The van der Waals surface area contributed by atoms with Gasteiger partial charge in [0, 0.05) is 62.3 Å². The molecular formula is C44H47ClN4O5. The van der Waals surface area contributed by atoms with Crippen LogP contribution in [0.25, 0.3) is 0 Å². The molecule has 6 aliphatic rings. The van der Waals surface area contributed by atoms with Crippen LogP contribution in [-0.2, 0) is 32.3 Å². The SMILES string of the molecule is O=C1[C@H]2[C@H](CC=C3[C@H]2C[C@H]2C(=O)N(C4CCN(Cc5ccccc5)CC4)C(=O)[C@H]2[C@H]3c2ccc(O)cc2Cl)C(=O)N1C1CCN(Cc2ccccc2)CC1. The molecule has 6 atom stereocenters. The first-order valence-corrected chi connectivity index (χ1v) is 20.1. The Labute approximate surface area is 321 Å².